The molecular weight excluding hydrogens is 398 g/mol. The molecule has 0 amide bonds. The normalized spacial score (nSPS) is 11.6. The van der Waals surface area contributed by atoms with Gasteiger partial charge in [0, 0.05) is 6.20 Å². The maximum absolute atomic E-state index is 13.1. The first-order valence-electron chi connectivity index (χ1n) is 8.10. The molecule has 0 aliphatic heterocycles. The summed E-state index contributed by atoms with van der Waals surface area (Å²) in [5, 5.41) is 2.64. The Labute approximate surface area is 163 Å². The summed E-state index contributed by atoms with van der Waals surface area (Å²) < 4.78 is 51.6. The number of benzene rings is 2. The Bertz CT molecular complexity index is 1120. The second-order valence-corrected chi connectivity index (χ2v) is 9.81. The van der Waals surface area contributed by atoms with Crippen LogP contribution in [0.15, 0.2) is 99.2 Å². The van der Waals surface area contributed by atoms with Gasteiger partial charge in [-0.3, -0.25) is 0 Å². The lowest BCUT2D eigenvalue weighted by Crippen LogP contribution is -2.16. The Morgan fingerprint density at radius 3 is 1.71 bits per heavy atom. The zero-order valence-electron chi connectivity index (χ0n) is 14.6. The lowest BCUT2D eigenvalue weighted by atomic mass is 10.4. The molecule has 0 bridgehead atoms. The van der Waals surface area contributed by atoms with Crippen LogP contribution in [0.2, 0.25) is 0 Å². The molecule has 3 rings (SSSR count). The Kier molecular flexibility index (Phi) is 5.48. The van der Waals surface area contributed by atoms with E-state index in [0.717, 1.165) is 6.20 Å². The van der Waals surface area contributed by atoms with Crippen molar-refractivity contribution in [2.75, 3.05) is 11.1 Å². The highest BCUT2D eigenvalue weighted by atomic mass is 32.3. The fraction of sp³-hybridized carbons (Fsp3) is 0. The lowest BCUT2D eigenvalue weighted by Gasteiger charge is -2.11. The number of hydrogen-bond acceptors (Lipinski definition) is 7. The highest BCUT2D eigenvalue weighted by molar-refractivity contribution is 8.14. The molecule has 0 spiro atoms. The van der Waals surface area contributed by atoms with Crippen LogP contribution in [0.3, 0.4) is 0 Å². The van der Waals surface area contributed by atoms with Crippen LogP contribution >= 0.6 is 0 Å². The lowest BCUT2D eigenvalue weighted by molar-refractivity contribution is 0.595. The Morgan fingerprint density at radius 2 is 1.29 bits per heavy atom. The first kappa shape index (κ1) is 19.6. The molecule has 3 aromatic rings. The van der Waals surface area contributed by atoms with Crippen LogP contribution < -0.4 is 11.1 Å². The van der Waals surface area contributed by atoms with E-state index in [4.69, 9.17) is 5.73 Å². The quantitative estimate of drug-likeness (QED) is 0.635. The Morgan fingerprint density at radius 1 is 0.786 bits per heavy atom. The number of pyridine rings is 1. The van der Waals surface area contributed by atoms with Gasteiger partial charge in [0.15, 0.2) is 4.24 Å². The summed E-state index contributed by atoms with van der Waals surface area (Å²) in [6.45, 7) is 0. The minimum absolute atomic E-state index is 0.132. The van der Waals surface area contributed by atoms with Gasteiger partial charge in [0.2, 0.25) is 19.7 Å². The summed E-state index contributed by atoms with van der Waals surface area (Å²) in [6.07, 6.45) is 2.30. The van der Waals surface area contributed by atoms with Crippen molar-refractivity contribution in [1.29, 1.82) is 0 Å². The molecule has 0 radical (unpaired) electrons. The minimum atomic E-state index is -4.33. The summed E-state index contributed by atoms with van der Waals surface area (Å²) in [7, 11) is -8.65. The third-order valence-corrected chi connectivity index (χ3v) is 8.16. The van der Waals surface area contributed by atoms with Crippen molar-refractivity contribution in [3.63, 3.8) is 0 Å². The molecule has 2 aromatic carbocycles. The SMILES string of the molecule is Nc1ccc(NC=C(S(=O)(=O)c2ccccc2)S(=O)(=O)c2ccccc2)nc1. The fourth-order valence-electron chi connectivity index (χ4n) is 2.35. The molecule has 9 heteroatoms. The smallest absolute Gasteiger partial charge is 0.219 e. The number of aromatic nitrogens is 1. The second-order valence-electron chi connectivity index (χ2n) is 5.72. The topological polar surface area (TPSA) is 119 Å². The molecule has 0 atom stereocenters. The molecule has 144 valence electrons. The molecule has 3 N–H and O–H groups in total. The number of rotatable bonds is 6. The van der Waals surface area contributed by atoms with E-state index in [1.807, 2.05) is 0 Å². The van der Waals surface area contributed by atoms with Crippen molar-refractivity contribution in [3.8, 4) is 0 Å². The fourth-order valence-corrected chi connectivity index (χ4v) is 6.01. The van der Waals surface area contributed by atoms with Crippen LogP contribution in [0.4, 0.5) is 11.5 Å². The molecule has 0 saturated heterocycles. The van der Waals surface area contributed by atoms with E-state index >= 15 is 0 Å². The standard InChI is InChI=1S/C19H17N3O4S2/c20-15-11-12-18(21-13-15)22-14-19(27(23,24)16-7-3-1-4-8-16)28(25,26)17-9-5-2-6-10-17/h1-14H,20H2,(H,21,22). The largest absolute Gasteiger partial charge is 0.397 e. The summed E-state index contributed by atoms with van der Waals surface area (Å²) in [4.78, 5) is 3.73. The van der Waals surface area contributed by atoms with Gasteiger partial charge in [-0.1, -0.05) is 36.4 Å². The van der Waals surface area contributed by atoms with Crippen molar-refractivity contribution in [3.05, 3.63) is 89.4 Å². The van der Waals surface area contributed by atoms with Gasteiger partial charge in [-0.2, -0.15) is 0 Å². The van der Waals surface area contributed by atoms with Crippen molar-refractivity contribution in [1.82, 2.24) is 4.98 Å². The summed E-state index contributed by atoms with van der Waals surface area (Å²) in [5.41, 5.74) is 6.00. The monoisotopic (exact) mass is 415 g/mol. The van der Waals surface area contributed by atoms with Crippen LogP contribution in [0.5, 0.6) is 0 Å². The Hall–Kier alpha value is -3.17. The number of nitrogens with one attached hydrogen (secondary N) is 1. The van der Waals surface area contributed by atoms with Crippen LogP contribution in [0, 0.1) is 0 Å². The second kappa shape index (κ2) is 7.83. The van der Waals surface area contributed by atoms with Crippen molar-refractivity contribution in [2.45, 2.75) is 9.79 Å². The number of nitrogens with zero attached hydrogens (tertiary/aromatic N) is 1. The van der Waals surface area contributed by atoms with Crippen molar-refractivity contribution in [2.24, 2.45) is 0 Å². The van der Waals surface area contributed by atoms with Gasteiger partial charge in [0.05, 0.1) is 21.7 Å². The molecule has 28 heavy (non-hydrogen) atoms. The van der Waals surface area contributed by atoms with Gasteiger partial charge < -0.3 is 11.1 Å². The zero-order chi connectivity index (χ0) is 20.2. The van der Waals surface area contributed by atoms with E-state index < -0.39 is 23.9 Å². The zero-order valence-corrected chi connectivity index (χ0v) is 16.2. The third-order valence-electron chi connectivity index (χ3n) is 3.76. The Balaban J connectivity index is 2.14. The van der Waals surface area contributed by atoms with Gasteiger partial charge in [0.25, 0.3) is 0 Å². The van der Waals surface area contributed by atoms with E-state index in [1.54, 1.807) is 18.2 Å². The van der Waals surface area contributed by atoms with E-state index in [2.05, 4.69) is 10.3 Å². The van der Waals surface area contributed by atoms with E-state index in [1.165, 1.54) is 60.8 Å². The first-order chi connectivity index (χ1) is 13.3. The summed E-state index contributed by atoms with van der Waals surface area (Å²) in [5.74, 6) is 0.248. The van der Waals surface area contributed by atoms with E-state index in [0.29, 0.717) is 5.69 Å². The molecule has 0 aliphatic carbocycles. The number of anilines is 2. The van der Waals surface area contributed by atoms with E-state index in [9.17, 15) is 16.8 Å². The minimum Gasteiger partial charge on any atom is -0.397 e. The predicted octanol–water partition coefficient (Wildman–Crippen LogP) is 2.82. The number of hydrogen-bond donors (Lipinski definition) is 2. The molecule has 1 heterocycles. The van der Waals surface area contributed by atoms with Gasteiger partial charge in [-0.05, 0) is 36.4 Å². The summed E-state index contributed by atoms with van der Waals surface area (Å²) in [6, 6.07) is 17.8. The van der Waals surface area contributed by atoms with Crippen LogP contribution in [-0.4, -0.2) is 21.8 Å². The van der Waals surface area contributed by atoms with E-state index in [-0.39, 0.29) is 15.6 Å². The van der Waals surface area contributed by atoms with Gasteiger partial charge >= 0.3 is 0 Å². The highest BCUT2D eigenvalue weighted by Gasteiger charge is 2.33. The summed E-state index contributed by atoms with van der Waals surface area (Å²) >= 11 is 0. The average molecular weight is 415 g/mol. The molecule has 0 unspecified atom stereocenters. The highest BCUT2D eigenvalue weighted by Crippen LogP contribution is 2.29. The molecule has 0 aliphatic rings. The number of sulfone groups is 2. The van der Waals surface area contributed by atoms with Crippen molar-refractivity contribution < 1.29 is 16.8 Å². The molecule has 0 saturated carbocycles. The first-order valence-corrected chi connectivity index (χ1v) is 11.1. The predicted molar refractivity (Wildman–Crippen MR) is 108 cm³/mol. The van der Waals surface area contributed by atoms with Gasteiger partial charge in [0.1, 0.15) is 5.82 Å². The molecule has 7 nitrogen and oxygen atoms in total. The molecule has 1 aromatic heterocycles. The van der Waals surface area contributed by atoms with Gasteiger partial charge in [-0.15, -0.1) is 0 Å². The van der Waals surface area contributed by atoms with Crippen LogP contribution in [0.25, 0.3) is 0 Å². The average Bonchev–Trinajstić information content (AvgIpc) is 2.70. The maximum atomic E-state index is 13.1. The maximum Gasteiger partial charge on any atom is 0.219 e. The van der Waals surface area contributed by atoms with Crippen LogP contribution in [-0.2, 0) is 19.7 Å². The molecule has 0 fully saturated rings. The number of nitrogens with two attached hydrogens (primary N) is 1. The molecular formula is C19H17N3O4S2. The van der Waals surface area contributed by atoms with Crippen LogP contribution in [0.1, 0.15) is 0 Å². The van der Waals surface area contributed by atoms with Crippen molar-refractivity contribution >= 4 is 31.2 Å². The third kappa shape index (κ3) is 4.05. The van der Waals surface area contributed by atoms with Gasteiger partial charge in [-0.25, -0.2) is 21.8 Å². The number of nitrogen functional groups attached to an aromatic ring is 1.